The van der Waals surface area contributed by atoms with Crippen molar-refractivity contribution in [2.45, 2.75) is 25.8 Å². The van der Waals surface area contributed by atoms with Crippen LogP contribution in [-0.2, 0) is 9.59 Å². The number of hydrogen-bond donors (Lipinski definition) is 1. The number of amides is 2. The van der Waals surface area contributed by atoms with Gasteiger partial charge >= 0.3 is 0 Å². The quantitative estimate of drug-likeness (QED) is 0.615. The summed E-state index contributed by atoms with van der Waals surface area (Å²) in [5.74, 6) is -0.118. The van der Waals surface area contributed by atoms with E-state index in [1.54, 1.807) is 0 Å². The van der Waals surface area contributed by atoms with Crippen LogP contribution in [0.15, 0.2) is 0 Å². The van der Waals surface area contributed by atoms with Crippen molar-refractivity contribution in [3.05, 3.63) is 0 Å². The zero-order valence-electron chi connectivity index (χ0n) is 8.19. The largest absolute Gasteiger partial charge is 0.330 e. The molecule has 1 saturated heterocycles. The van der Waals surface area contributed by atoms with Gasteiger partial charge in [-0.1, -0.05) is 6.92 Å². The fourth-order valence-corrected chi connectivity index (χ4v) is 2.77. The lowest BCUT2D eigenvalue weighted by atomic mass is 10.0. The summed E-state index contributed by atoms with van der Waals surface area (Å²) in [6.45, 7) is 2.39. The molecule has 14 heavy (non-hydrogen) atoms. The van der Waals surface area contributed by atoms with Crippen molar-refractivity contribution < 1.29 is 9.59 Å². The van der Waals surface area contributed by atoms with Gasteiger partial charge in [0.15, 0.2) is 0 Å². The predicted octanol–water partition coefficient (Wildman–Crippen LogP) is -0.271. The second-order valence-electron chi connectivity index (χ2n) is 4.94. The molecule has 4 nitrogen and oxygen atoms in total. The van der Waals surface area contributed by atoms with E-state index in [9.17, 15) is 9.59 Å². The number of piperidine rings is 1. The Bertz CT molecular complexity index is 313. The van der Waals surface area contributed by atoms with Crippen molar-refractivity contribution in [1.29, 1.82) is 0 Å². The molecule has 0 aromatic carbocycles. The molecule has 2 amide bonds. The van der Waals surface area contributed by atoms with Crippen molar-refractivity contribution >= 4 is 11.8 Å². The van der Waals surface area contributed by atoms with Crippen LogP contribution in [-0.4, -0.2) is 29.3 Å². The number of nitrogens with zero attached hydrogens (tertiary/aromatic N) is 1. The number of rotatable bonds is 2. The Morgan fingerprint density at radius 3 is 2.21 bits per heavy atom. The van der Waals surface area contributed by atoms with Gasteiger partial charge in [0, 0.05) is 11.5 Å². The number of hydrogen-bond acceptors (Lipinski definition) is 3. The maximum atomic E-state index is 11.9. The average molecular weight is 194 g/mol. The first-order chi connectivity index (χ1) is 6.61. The lowest BCUT2D eigenvalue weighted by Crippen LogP contribution is -2.40. The van der Waals surface area contributed by atoms with Gasteiger partial charge in [0.2, 0.25) is 11.8 Å². The molecule has 1 heterocycles. The van der Waals surface area contributed by atoms with Crippen molar-refractivity contribution in [3.8, 4) is 0 Å². The summed E-state index contributed by atoms with van der Waals surface area (Å²) in [7, 11) is 0. The molecule has 0 aromatic rings. The Balaban J connectivity index is 1.88. The Labute approximate surface area is 82.4 Å². The molecule has 0 spiro atoms. The van der Waals surface area contributed by atoms with Crippen LogP contribution in [0, 0.1) is 17.3 Å². The summed E-state index contributed by atoms with van der Waals surface area (Å²) < 4.78 is 0. The molecule has 0 aromatic heterocycles. The standard InChI is InChI=1S/C10H14N2O2/c1-10(4-11)6-7(10)9(14)12(8(6)13)5-2-3-5/h5-7H,2-4,11H2,1H3. The summed E-state index contributed by atoms with van der Waals surface area (Å²) in [6, 6.07) is 0.227. The molecular weight excluding hydrogens is 180 g/mol. The van der Waals surface area contributed by atoms with Crippen LogP contribution in [0.3, 0.4) is 0 Å². The van der Waals surface area contributed by atoms with Gasteiger partial charge in [-0.25, -0.2) is 0 Å². The lowest BCUT2D eigenvalue weighted by molar-refractivity contribution is -0.143. The summed E-state index contributed by atoms with van der Waals surface area (Å²) >= 11 is 0. The topological polar surface area (TPSA) is 63.4 Å². The second-order valence-corrected chi connectivity index (χ2v) is 4.94. The number of fused-ring (bicyclic) bond motifs is 1. The molecule has 3 aliphatic rings. The average Bonchev–Trinajstić information content (AvgIpc) is 3.00. The third-order valence-corrected chi connectivity index (χ3v) is 4.00. The van der Waals surface area contributed by atoms with Gasteiger partial charge in [-0.3, -0.25) is 14.5 Å². The molecule has 2 aliphatic carbocycles. The van der Waals surface area contributed by atoms with Crippen molar-refractivity contribution in [2.24, 2.45) is 23.0 Å². The fourth-order valence-electron chi connectivity index (χ4n) is 2.77. The molecule has 2 unspecified atom stereocenters. The number of carbonyl (C=O) groups is 2. The van der Waals surface area contributed by atoms with E-state index in [0.29, 0.717) is 6.54 Å². The van der Waals surface area contributed by atoms with Crippen molar-refractivity contribution in [2.75, 3.05) is 6.54 Å². The minimum atomic E-state index is -0.223. The molecular formula is C10H14N2O2. The van der Waals surface area contributed by atoms with Crippen molar-refractivity contribution in [3.63, 3.8) is 0 Å². The van der Waals surface area contributed by atoms with Crippen LogP contribution in [0.25, 0.3) is 0 Å². The van der Waals surface area contributed by atoms with Crippen LogP contribution in [0.5, 0.6) is 0 Å². The predicted molar refractivity (Wildman–Crippen MR) is 49.0 cm³/mol. The third-order valence-electron chi connectivity index (χ3n) is 4.00. The van der Waals surface area contributed by atoms with Crippen LogP contribution in [0.4, 0.5) is 0 Å². The van der Waals surface area contributed by atoms with E-state index in [4.69, 9.17) is 5.73 Å². The fraction of sp³-hybridized carbons (Fsp3) is 0.800. The highest BCUT2D eigenvalue weighted by Gasteiger charge is 2.75. The zero-order valence-corrected chi connectivity index (χ0v) is 8.19. The van der Waals surface area contributed by atoms with Gasteiger partial charge in [0.1, 0.15) is 0 Å². The highest BCUT2D eigenvalue weighted by Crippen LogP contribution is 2.64. The molecule has 3 fully saturated rings. The molecule has 4 heteroatoms. The molecule has 0 bridgehead atoms. The Kier molecular flexibility index (Phi) is 1.31. The SMILES string of the molecule is CC1(CN)C2C(=O)N(C3CC3)C(=O)C21. The van der Waals surface area contributed by atoms with E-state index in [-0.39, 0.29) is 35.1 Å². The number of carbonyl (C=O) groups excluding carboxylic acids is 2. The summed E-state index contributed by atoms with van der Waals surface area (Å²) in [4.78, 5) is 25.2. The van der Waals surface area contributed by atoms with Crippen LogP contribution < -0.4 is 5.73 Å². The van der Waals surface area contributed by atoms with Crippen LogP contribution in [0.2, 0.25) is 0 Å². The van der Waals surface area contributed by atoms with E-state index < -0.39 is 0 Å². The molecule has 2 N–H and O–H groups in total. The van der Waals surface area contributed by atoms with Crippen LogP contribution in [0.1, 0.15) is 19.8 Å². The Morgan fingerprint density at radius 1 is 1.36 bits per heavy atom. The Morgan fingerprint density at radius 2 is 1.86 bits per heavy atom. The van der Waals surface area contributed by atoms with E-state index in [1.807, 2.05) is 6.92 Å². The molecule has 3 rings (SSSR count). The third kappa shape index (κ3) is 0.741. The molecule has 2 saturated carbocycles. The zero-order chi connectivity index (χ0) is 10.1. The second kappa shape index (κ2) is 2.19. The number of nitrogens with two attached hydrogens (primary N) is 1. The van der Waals surface area contributed by atoms with Gasteiger partial charge in [0.25, 0.3) is 0 Å². The highest BCUT2D eigenvalue weighted by molar-refractivity contribution is 6.11. The number of likely N-dealkylation sites (tertiary alicyclic amines) is 1. The monoisotopic (exact) mass is 194 g/mol. The van der Waals surface area contributed by atoms with E-state index in [1.165, 1.54) is 4.90 Å². The first kappa shape index (κ1) is 8.41. The van der Waals surface area contributed by atoms with Gasteiger partial charge < -0.3 is 5.73 Å². The lowest BCUT2D eigenvalue weighted by Gasteiger charge is -2.21. The Hall–Kier alpha value is -0.900. The summed E-state index contributed by atoms with van der Waals surface area (Å²) in [6.07, 6.45) is 1.99. The van der Waals surface area contributed by atoms with Gasteiger partial charge in [0.05, 0.1) is 11.8 Å². The maximum Gasteiger partial charge on any atom is 0.234 e. The molecule has 2 atom stereocenters. The summed E-state index contributed by atoms with van der Waals surface area (Å²) in [5.41, 5.74) is 5.37. The molecule has 1 aliphatic heterocycles. The van der Waals surface area contributed by atoms with Gasteiger partial charge in [-0.05, 0) is 19.4 Å². The van der Waals surface area contributed by atoms with Gasteiger partial charge in [-0.15, -0.1) is 0 Å². The van der Waals surface area contributed by atoms with Crippen molar-refractivity contribution in [1.82, 2.24) is 4.90 Å². The molecule has 0 radical (unpaired) electrons. The normalized spacial score (nSPS) is 45.7. The number of imide groups is 1. The first-order valence-electron chi connectivity index (χ1n) is 5.18. The summed E-state index contributed by atoms with van der Waals surface area (Å²) in [5, 5.41) is 0. The minimum absolute atomic E-state index is 0.0375. The molecule has 76 valence electrons. The highest BCUT2D eigenvalue weighted by atomic mass is 16.2. The van der Waals surface area contributed by atoms with Crippen LogP contribution >= 0.6 is 0 Å². The maximum absolute atomic E-state index is 11.9. The van der Waals surface area contributed by atoms with E-state index >= 15 is 0 Å². The smallest absolute Gasteiger partial charge is 0.234 e. The van der Waals surface area contributed by atoms with E-state index in [0.717, 1.165) is 12.8 Å². The first-order valence-corrected chi connectivity index (χ1v) is 5.18. The van der Waals surface area contributed by atoms with Gasteiger partial charge in [-0.2, -0.15) is 0 Å². The minimum Gasteiger partial charge on any atom is -0.330 e. The van der Waals surface area contributed by atoms with E-state index in [2.05, 4.69) is 0 Å².